The number of Topliss-reactive ketones (excluding diaryl/α,β-unsaturated/α-hetero) is 1. The highest BCUT2D eigenvalue weighted by atomic mass is 16.3. The van der Waals surface area contributed by atoms with Crippen LogP contribution in [0.4, 0.5) is 0 Å². The van der Waals surface area contributed by atoms with Crippen molar-refractivity contribution in [3.63, 3.8) is 0 Å². The molecule has 1 N–H and O–H groups in total. The van der Waals surface area contributed by atoms with Gasteiger partial charge < -0.3 is 5.11 Å². The number of carbonyl (C=O) groups is 1. The van der Waals surface area contributed by atoms with Gasteiger partial charge in [0.1, 0.15) is 5.78 Å². The predicted molar refractivity (Wildman–Crippen MR) is 84.8 cm³/mol. The number of ketones is 1. The van der Waals surface area contributed by atoms with E-state index in [0.29, 0.717) is 30.5 Å². The van der Waals surface area contributed by atoms with Gasteiger partial charge in [-0.25, -0.2) is 0 Å². The minimum absolute atomic E-state index is 0.0648. The second kappa shape index (κ2) is 5.08. The average Bonchev–Trinajstić information content (AvgIpc) is 2.45. The summed E-state index contributed by atoms with van der Waals surface area (Å²) in [5.41, 5.74) is 1.74. The maximum absolute atomic E-state index is 12.2. The summed E-state index contributed by atoms with van der Waals surface area (Å²) in [7, 11) is 0. The third-order valence-corrected chi connectivity index (χ3v) is 6.66. The van der Waals surface area contributed by atoms with Crippen LogP contribution in [0, 0.1) is 28.6 Å². The van der Waals surface area contributed by atoms with Gasteiger partial charge in [-0.1, -0.05) is 31.6 Å². The molecular formula is C19H28O2. The van der Waals surface area contributed by atoms with Crippen LogP contribution in [-0.2, 0) is 4.79 Å². The molecule has 0 unspecified atom stereocenters. The number of carbonyl (C=O) groups excluding carboxylic acids is 1. The molecule has 2 nitrogen and oxygen atoms in total. The molecule has 0 aromatic heterocycles. The van der Waals surface area contributed by atoms with Crippen molar-refractivity contribution in [1.82, 2.24) is 0 Å². The Labute approximate surface area is 128 Å². The van der Waals surface area contributed by atoms with Gasteiger partial charge in [-0.15, -0.1) is 6.58 Å². The number of rotatable bonds is 2. The van der Waals surface area contributed by atoms with Crippen LogP contribution in [0.5, 0.6) is 0 Å². The summed E-state index contributed by atoms with van der Waals surface area (Å²) in [6.07, 6.45) is 10.4. The monoisotopic (exact) mass is 296 g/mol. The van der Waals surface area contributed by atoms with Crippen molar-refractivity contribution in [3.05, 3.63) is 24.3 Å². The van der Waals surface area contributed by atoms with Crippen molar-refractivity contribution in [2.45, 2.75) is 52.4 Å². The normalized spacial score (nSPS) is 46.3. The number of aliphatic hydroxyl groups is 1. The Bertz CT molecular complexity index is 492. The van der Waals surface area contributed by atoms with Gasteiger partial charge in [-0.05, 0) is 48.9 Å². The SMILES string of the molecule is [13CH2]=C[C@@]1([13CH3])C[13CH2][C@H]2C(=[13CH]1)C[13CH2][C@H]1[C@H]([13CH2]O)C[13C](=O)C[C@]21[13CH3]. The third-order valence-electron chi connectivity index (χ3n) is 6.66. The average molecular weight is 296 g/mol. The molecular weight excluding hydrogens is 268 g/mol. The molecule has 3 aliphatic rings. The third kappa shape index (κ3) is 2.32. The highest BCUT2D eigenvalue weighted by Crippen LogP contribution is 2.59. The van der Waals surface area contributed by atoms with Gasteiger partial charge in [0, 0.05) is 24.9 Å². The van der Waals surface area contributed by atoms with Crippen LogP contribution >= 0.6 is 0 Å². The molecule has 0 heterocycles. The van der Waals surface area contributed by atoms with Crippen molar-refractivity contribution in [3.8, 4) is 0 Å². The highest BCUT2D eigenvalue weighted by molar-refractivity contribution is 5.80. The molecule has 21 heavy (non-hydrogen) atoms. The number of aliphatic hydroxyl groups excluding tert-OH is 1. The maximum atomic E-state index is 12.2. The van der Waals surface area contributed by atoms with E-state index in [0.717, 1.165) is 25.7 Å². The Morgan fingerprint density at radius 3 is 2.86 bits per heavy atom. The summed E-state index contributed by atoms with van der Waals surface area (Å²) in [6.45, 7) is 8.74. The first-order chi connectivity index (χ1) is 9.92. The van der Waals surface area contributed by atoms with Crippen molar-refractivity contribution >= 4 is 5.78 Å². The molecule has 0 amide bonds. The molecule has 0 saturated heterocycles. The molecule has 0 bridgehead atoms. The van der Waals surface area contributed by atoms with Crippen LogP contribution in [0.2, 0.25) is 0 Å². The van der Waals surface area contributed by atoms with Crippen LogP contribution in [0.1, 0.15) is 52.4 Å². The van der Waals surface area contributed by atoms with E-state index in [1.807, 2.05) is 0 Å². The van der Waals surface area contributed by atoms with Crippen molar-refractivity contribution < 1.29 is 9.90 Å². The molecule has 0 aliphatic heterocycles. The minimum Gasteiger partial charge on any atom is -0.396 e. The molecule has 0 radical (unpaired) electrons. The molecule has 2 heteroatoms. The minimum atomic E-state index is 0.0648. The molecule has 0 spiro atoms. The summed E-state index contributed by atoms with van der Waals surface area (Å²) in [6, 6.07) is 0. The van der Waals surface area contributed by atoms with E-state index in [4.69, 9.17) is 0 Å². The van der Waals surface area contributed by atoms with Crippen LogP contribution in [-0.4, -0.2) is 17.5 Å². The largest absolute Gasteiger partial charge is 0.396 e. The molecule has 0 aromatic carbocycles. The first-order valence-electron chi connectivity index (χ1n) is 8.39. The van der Waals surface area contributed by atoms with Gasteiger partial charge in [-0.2, -0.15) is 0 Å². The van der Waals surface area contributed by atoms with E-state index in [-0.39, 0.29) is 23.4 Å². The Balaban J connectivity index is 1.96. The van der Waals surface area contributed by atoms with Gasteiger partial charge in [0.05, 0.1) is 0 Å². The summed E-state index contributed by atoms with van der Waals surface area (Å²) in [4.78, 5) is 12.2. The zero-order chi connectivity index (χ0) is 15.3. The number of allylic oxidation sites excluding steroid dienone is 3. The van der Waals surface area contributed by atoms with Gasteiger partial charge in [0.15, 0.2) is 0 Å². The summed E-state index contributed by atoms with van der Waals surface area (Å²) in [5.74, 6) is 1.58. The fourth-order valence-electron chi connectivity index (χ4n) is 5.46. The fourth-order valence-corrected chi connectivity index (χ4v) is 5.46. The molecule has 0 aromatic rings. The van der Waals surface area contributed by atoms with Crippen LogP contribution < -0.4 is 0 Å². The number of fused-ring (bicyclic) bond motifs is 3. The predicted octanol–water partition coefficient (Wildman–Crippen LogP) is 3.90. The van der Waals surface area contributed by atoms with Crippen LogP contribution in [0.15, 0.2) is 24.3 Å². The van der Waals surface area contributed by atoms with Gasteiger partial charge in [0.2, 0.25) is 0 Å². The quantitative estimate of drug-likeness (QED) is 0.620. The first kappa shape index (κ1) is 15.0. The van der Waals surface area contributed by atoms with Crippen molar-refractivity contribution in [2.75, 3.05) is 6.61 Å². The molecule has 3 aliphatic carbocycles. The number of hydrogen-bond acceptors (Lipinski definition) is 2. The molecule has 3 rings (SSSR count). The lowest BCUT2D eigenvalue weighted by Crippen LogP contribution is -2.50. The van der Waals surface area contributed by atoms with Crippen LogP contribution in [0.25, 0.3) is 0 Å². The zero-order valence-corrected chi connectivity index (χ0v) is 13.4. The summed E-state index contributed by atoms with van der Waals surface area (Å²) >= 11 is 0. The fraction of sp³-hybridized carbons (Fsp3) is 0.737. The van der Waals surface area contributed by atoms with Gasteiger partial charge in [0.25, 0.3) is 0 Å². The van der Waals surface area contributed by atoms with E-state index in [9.17, 15) is 9.90 Å². The lowest BCUT2D eigenvalue weighted by atomic mass is 9.63. The second-order valence-corrected chi connectivity index (χ2v) is 8.03. The van der Waals surface area contributed by atoms with Gasteiger partial charge in [-0.3, -0.25) is 4.79 Å². The Kier molecular flexibility index (Phi) is 3.64. The molecule has 2 fully saturated rings. The summed E-state index contributed by atoms with van der Waals surface area (Å²) in [5, 5.41) is 9.70. The topological polar surface area (TPSA) is 37.3 Å². The van der Waals surface area contributed by atoms with E-state index in [1.54, 1.807) is 5.57 Å². The first-order valence-corrected chi connectivity index (χ1v) is 8.39. The van der Waals surface area contributed by atoms with Crippen molar-refractivity contribution in [2.24, 2.45) is 28.6 Å². The van der Waals surface area contributed by atoms with E-state index in [1.165, 1.54) is 0 Å². The second-order valence-electron chi connectivity index (χ2n) is 8.03. The highest BCUT2D eigenvalue weighted by Gasteiger charge is 2.53. The summed E-state index contributed by atoms with van der Waals surface area (Å²) < 4.78 is 0. The van der Waals surface area contributed by atoms with Gasteiger partial charge >= 0.3 is 0 Å². The lowest BCUT2D eigenvalue weighted by molar-refractivity contribution is -0.134. The molecule has 116 valence electrons. The van der Waals surface area contributed by atoms with E-state index in [2.05, 4.69) is 32.6 Å². The van der Waals surface area contributed by atoms with E-state index >= 15 is 0 Å². The Morgan fingerprint density at radius 1 is 1.43 bits per heavy atom. The zero-order valence-electron chi connectivity index (χ0n) is 13.4. The standard InChI is InChI=1S/C19H28O2/c1-4-18(2)8-7-17-13(10-18)5-6-16-14(12-20)9-15(21)11-19(16,17)3/h4,10,14,16-17,20H,1,5-9,11-12H2,2-3H3/t14-,16-,17-,18-,19-/m0/s1/i1+1,2+1,3+1,6+1,7+1,10+1,12+1,15+1. The van der Waals surface area contributed by atoms with E-state index < -0.39 is 0 Å². The molecule has 5 atom stereocenters. The Hall–Kier alpha value is -0.890. The Morgan fingerprint density at radius 2 is 2.19 bits per heavy atom. The van der Waals surface area contributed by atoms with Crippen molar-refractivity contribution in [1.29, 1.82) is 0 Å². The van der Waals surface area contributed by atoms with Crippen LogP contribution in [0.3, 0.4) is 0 Å². The molecule has 2 saturated carbocycles. The number of hydrogen-bond donors (Lipinski definition) is 1. The maximum Gasteiger partial charge on any atom is 0.133 e. The smallest absolute Gasteiger partial charge is 0.133 e. The lowest BCUT2D eigenvalue weighted by Gasteiger charge is -2.56.